The third kappa shape index (κ3) is 3.24. The number of nitrogens with zero attached hydrogens (tertiary/aromatic N) is 3. The fourth-order valence-corrected chi connectivity index (χ4v) is 5.77. The maximum absolute atomic E-state index is 13.1. The quantitative estimate of drug-likeness (QED) is 0.422. The van der Waals surface area contributed by atoms with Gasteiger partial charge in [-0.15, -0.1) is 0 Å². The van der Waals surface area contributed by atoms with Crippen LogP contribution in [0, 0.1) is 12.8 Å². The number of benzene rings is 2. The second-order valence-electron chi connectivity index (χ2n) is 8.94. The summed E-state index contributed by atoms with van der Waals surface area (Å²) in [6.45, 7) is 5.56. The van der Waals surface area contributed by atoms with Crippen LogP contribution in [0.25, 0.3) is 16.4 Å². The maximum atomic E-state index is 13.1. The lowest BCUT2D eigenvalue weighted by Gasteiger charge is -2.29. The maximum Gasteiger partial charge on any atom is 0.261 e. The number of fused-ring (bicyclic) bond motifs is 6. The summed E-state index contributed by atoms with van der Waals surface area (Å²) in [4.78, 5) is 20.3. The molecular formula is C26H24BrN3O2. The summed E-state index contributed by atoms with van der Waals surface area (Å²) < 4.78 is 8.68. The molecule has 2 aromatic carbocycles. The molecule has 0 saturated carbocycles. The van der Waals surface area contributed by atoms with Crippen molar-refractivity contribution in [2.75, 3.05) is 26.2 Å². The van der Waals surface area contributed by atoms with Crippen LogP contribution in [-0.2, 0) is 6.42 Å². The second kappa shape index (κ2) is 7.71. The first kappa shape index (κ1) is 19.9. The number of hydrogen-bond donors (Lipinski definition) is 0. The van der Waals surface area contributed by atoms with Crippen LogP contribution in [-0.4, -0.2) is 40.5 Å². The van der Waals surface area contributed by atoms with Crippen LogP contribution in [0.3, 0.4) is 0 Å². The summed E-state index contributed by atoms with van der Waals surface area (Å²) in [7, 11) is 0. The van der Waals surface area contributed by atoms with Gasteiger partial charge in [-0.3, -0.25) is 9.20 Å². The molecule has 6 heteroatoms. The van der Waals surface area contributed by atoms with Gasteiger partial charge in [0.25, 0.3) is 5.56 Å². The molecule has 2 atom stereocenters. The highest BCUT2D eigenvalue weighted by atomic mass is 79.9. The van der Waals surface area contributed by atoms with E-state index in [-0.39, 0.29) is 5.56 Å². The second-order valence-corrected chi connectivity index (χ2v) is 9.86. The van der Waals surface area contributed by atoms with E-state index < -0.39 is 0 Å². The van der Waals surface area contributed by atoms with E-state index in [1.165, 1.54) is 16.3 Å². The highest BCUT2D eigenvalue weighted by Crippen LogP contribution is 2.45. The number of rotatable bonds is 3. The number of aromatic nitrogens is 2. The van der Waals surface area contributed by atoms with Gasteiger partial charge in [0.2, 0.25) is 0 Å². The lowest BCUT2D eigenvalue weighted by Crippen LogP contribution is -2.28. The van der Waals surface area contributed by atoms with Gasteiger partial charge in [-0.05, 0) is 58.2 Å². The molecule has 1 saturated heterocycles. The Kier molecular flexibility index (Phi) is 4.81. The fourth-order valence-electron chi connectivity index (χ4n) is 5.44. The SMILES string of the molecule is Cc1nc2ccc(Br)cn2c(=O)c1CCN1C[C@H]2COc3ccc4ccccc4c3[C@H]2C1. The summed E-state index contributed by atoms with van der Waals surface area (Å²) in [6, 6.07) is 16.7. The third-order valence-electron chi connectivity index (χ3n) is 7.04. The minimum absolute atomic E-state index is 0.0325. The normalized spacial score (nSPS) is 20.3. The van der Waals surface area contributed by atoms with Gasteiger partial charge in [0.05, 0.1) is 6.61 Å². The van der Waals surface area contributed by atoms with Crippen molar-refractivity contribution in [2.24, 2.45) is 5.92 Å². The van der Waals surface area contributed by atoms with Crippen LogP contribution in [0.4, 0.5) is 0 Å². The average Bonchev–Trinajstić information content (AvgIpc) is 3.22. The average molecular weight is 490 g/mol. The molecule has 2 aliphatic rings. The molecule has 0 unspecified atom stereocenters. The monoisotopic (exact) mass is 489 g/mol. The third-order valence-corrected chi connectivity index (χ3v) is 7.50. The number of hydrogen-bond acceptors (Lipinski definition) is 4. The van der Waals surface area contributed by atoms with Gasteiger partial charge >= 0.3 is 0 Å². The Bertz CT molecular complexity index is 1410. The molecule has 0 amide bonds. The van der Waals surface area contributed by atoms with Crippen LogP contribution in [0.5, 0.6) is 5.75 Å². The van der Waals surface area contributed by atoms with E-state index >= 15 is 0 Å². The van der Waals surface area contributed by atoms with E-state index in [4.69, 9.17) is 4.74 Å². The largest absolute Gasteiger partial charge is 0.493 e. The standard InChI is InChI=1S/C26H24BrN3O2/c1-16-20(26(31)30-13-19(27)7-9-24(30)28-16)10-11-29-12-18-15-32-23-8-6-17-4-2-3-5-21(17)25(23)22(18)14-29/h2-9,13,18,22H,10-12,14-15H2,1H3/t18-,22-/m0/s1. The van der Waals surface area contributed by atoms with E-state index in [1.807, 2.05) is 19.1 Å². The van der Waals surface area contributed by atoms with Gasteiger partial charge in [-0.1, -0.05) is 30.3 Å². The fraction of sp³-hybridized carbons (Fsp3) is 0.308. The molecule has 4 aromatic rings. The van der Waals surface area contributed by atoms with E-state index in [0.717, 1.165) is 47.7 Å². The minimum atomic E-state index is 0.0325. The van der Waals surface area contributed by atoms with Crippen molar-refractivity contribution >= 4 is 32.3 Å². The number of halogens is 1. The van der Waals surface area contributed by atoms with E-state index in [0.29, 0.717) is 23.9 Å². The van der Waals surface area contributed by atoms with Crippen molar-refractivity contribution in [1.29, 1.82) is 0 Å². The zero-order chi connectivity index (χ0) is 21.8. The van der Waals surface area contributed by atoms with Gasteiger partial charge in [0.15, 0.2) is 0 Å². The van der Waals surface area contributed by atoms with Gasteiger partial charge < -0.3 is 9.64 Å². The minimum Gasteiger partial charge on any atom is -0.493 e. The van der Waals surface area contributed by atoms with Crippen molar-refractivity contribution in [1.82, 2.24) is 14.3 Å². The van der Waals surface area contributed by atoms with Gasteiger partial charge in [0, 0.05) is 59.0 Å². The molecule has 162 valence electrons. The zero-order valence-electron chi connectivity index (χ0n) is 17.9. The lowest BCUT2D eigenvalue weighted by molar-refractivity contribution is 0.214. The Hall–Kier alpha value is -2.70. The molecule has 0 aliphatic carbocycles. The Morgan fingerprint density at radius 1 is 1.12 bits per heavy atom. The highest BCUT2D eigenvalue weighted by Gasteiger charge is 2.39. The molecule has 0 N–H and O–H groups in total. The Labute approximate surface area is 194 Å². The Morgan fingerprint density at radius 3 is 2.91 bits per heavy atom. The van der Waals surface area contributed by atoms with Crippen LogP contribution in [0.1, 0.15) is 22.7 Å². The molecule has 1 fully saturated rings. The first-order chi connectivity index (χ1) is 15.6. The molecular weight excluding hydrogens is 466 g/mol. The highest BCUT2D eigenvalue weighted by molar-refractivity contribution is 9.10. The summed E-state index contributed by atoms with van der Waals surface area (Å²) in [5.74, 6) is 1.99. The molecule has 5 nitrogen and oxygen atoms in total. The molecule has 32 heavy (non-hydrogen) atoms. The molecule has 2 aliphatic heterocycles. The zero-order valence-corrected chi connectivity index (χ0v) is 19.5. The van der Waals surface area contributed by atoms with E-state index in [9.17, 15) is 4.79 Å². The van der Waals surface area contributed by atoms with Crippen molar-refractivity contribution < 1.29 is 4.74 Å². The lowest BCUT2D eigenvalue weighted by atomic mass is 9.84. The van der Waals surface area contributed by atoms with Crippen LogP contribution < -0.4 is 10.3 Å². The molecule has 0 spiro atoms. The first-order valence-electron chi connectivity index (χ1n) is 11.1. The van der Waals surface area contributed by atoms with Crippen molar-refractivity contribution in [3.8, 4) is 5.75 Å². The van der Waals surface area contributed by atoms with Gasteiger partial charge in [-0.2, -0.15) is 0 Å². The van der Waals surface area contributed by atoms with Crippen LogP contribution >= 0.6 is 15.9 Å². The van der Waals surface area contributed by atoms with Crippen LogP contribution in [0.2, 0.25) is 0 Å². The molecule has 4 heterocycles. The molecule has 2 aromatic heterocycles. The predicted octanol–water partition coefficient (Wildman–Crippen LogP) is 4.57. The number of ether oxygens (including phenoxy) is 1. The summed E-state index contributed by atoms with van der Waals surface area (Å²) in [5, 5.41) is 2.57. The van der Waals surface area contributed by atoms with E-state index in [2.05, 4.69) is 62.2 Å². The Balaban J connectivity index is 1.27. The van der Waals surface area contributed by atoms with Gasteiger partial charge in [-0.25, -0.2) is 4.98 Å². The number of aryl methyl sites for hydroxylation is 1. The smallest absolute Gasteiger partial charge is 0.261 e. The Morgan fingerprint density at radius 2 is 2.00 bits per heavy atom. The number of likely N-dealkylation sites (tertiary alicyclic amines) is 1. The molecule has 0 bridgehead atoms. The summed E-state index contributed by atoms with van der Waals surface area (Å²) in [6.07, 6.45) is 2.51. The first-order valence-corrected chi connectivity index (χ1v) is 11.9. The predicted molar refractivity (Wildman–Crippen MR) is 130 cm³/mol. The molecule has 0 radical (unpaired) electrons. The van der Waals surface area contributed by atoms with Crippen LogP contribution in [0.15, 0.2) is 64.0 Å². The molecule has 6 rings (SSSR count). The number of pyridine rings is 1. The van der Waals surface area contributed by atoms with Gasteiger partial charge in [0.1, 0.15) is 11.4 Å². The van der Waals surface area contributed by atoms with Crippen molar-refractivity contribution in [3.63, 3.8) is 0 Å². The summed E-state index contributed by atoms with van der Waals surface area (Å²) in [5.41, 5.74) is 3.71. The summed E-state index contributed by atoms with van der Waals surface area (Å²) >= 11 is 3.46. The van der Waals surface area contributed by atoms with E-state index in [1.54, 1.807) is 10.6 Å². The van der Waals surface area contributed by atoms with Crippen molar-refractivity contribution in [3.05, 3.63) is 86.4 Å². The topological polar surface area (TPSA) is 46.8 Å². The van der Waals surface area contributed by atoms with Crippen molar-refractivity contribution in [2.45, 2.75) is 19.3 Å².